The Morgan fingerprint density at radius 2 is 1.91 bits per heavy atom. The highest BCUT2D eigenvalue weighted by molar-refractivity contribution is 9.09. The number of esters is 2. The third kappa shape index (κ3) is 5.43. The van der Waals surface area contributed by atoms with Gasteiger partial charge in [0, 0.05) is 80.1 Å². The van der Waals surface area contributed by atoms with E-state index >= 15 is 0 Å². The van der Waals surface area contributed by atoms with Crippen LogP contribution in [-0.2, 0) is 28.4 Å². The minimum absolute atomic E-state index is 0.150. The largest absolute Gasteiger partial charge is 0.465 e. The van der Waals surface area contributed by atoms with Crippen LogP contribution in [0.25, 0.3) is 17.0 Å². The van der Waals surface area contributed by atoms with Gasteiger partial charge in [0.1, 0.15) is 5.69 Å². The van der Waals surface area contributed by atoms with E-state index in [1.165, 1.54) is 20.1 Å². The van der Waals surface area contributed by atoms with Crippen LogP contribution in [-0.4, -0.2) is 56.9 Å². The normalized spacial score (nSPS) is 14.4. The van der Waals surface area contributed by atoms with E-state index in [0.717, 1.165) is 5.56 Å². The number of ether oxygens (including phenoxy) is 2. The summed E-state index contributed by atoms with van der Waals surface area (Å²) in [6.45, 7) is 3.36. The number of fused-ring (bicyclic) bond motifs is 3. The molecule has 4 heterocycles. The van der Waals surface area contributed by atoms with Crippen molar-refractivity contribution in [1.29, 1.82) is 0 Å². The second kappa shape index (κ2) is 11.5. The molecule has 0 aliphatic carbocycles. The van der Waals surface area contributed by atoms with Crippen LogP contribution in [0.15, 0.2) is 36.7 Å². The Morgan fingerprint density at radius 1 is 1.16 bits per heavy atom. The van der Waals surface area contributed by atoms with Crippen LogP contribution >= 0.6 is 15.9 Å². The van der Waals surface area contributed by atoms with Crippen LogP contribution in [0, 0.1) is 6.92 Å². The average Bonchev–Trinajstić information content (AvgIpc) is 3.68. The lowest BCUT2D eigenvalue weighted by molar-refractivity contribution is -0.131. The maximum absolute atomic E-state index is 13.6. The molecular weight excluding hydrogens is 620 g/mol. The summed E-state index contributed by atoms with van der Waals surface area (Å²) in [6.07, 6.45) is 6.50. The lowest BCUT2D eigenvalue weighted by Gasteiger charge is -2.17. The molecule has 0 unspecified atom stereocenters. The number of hydrogen-bond donors (Lipinski definition) is 3. The first-order valence-corrected chi connectivity index (χ1v) is 14.5. The van der Waals surface area contributed by atoms with Crippen molar-refractivity contribution in [1.82, 2.24) is 14.1 Å². The van der Waals surface area contributed by atoms with Gasteiger partial charge >= 0.3 is 11.9 Å². The number of carbonyl (C=O) groups is 4. The molecule has 4 aromatic rings. The van der Waals surface area contributed by atoms with Crippen molar-refractivity contribution in [3.63, 3.8) is 0 Å². The Bertz CT molecular complexity index is 1830. The van der Waals surface area contributed by atoms with Crippen LogP contribution < -0.4 is 20.7 Å². The number of nitrogens with two attached hydrogens (primary N) is 1. The zero-order chi connectivity index (χ0) is 31.2. The Kier molecular flexibility index (Phi) is 7.93. The molecule has 0 fully saturated rings. The maximum Gasteiger partial charge on any atom is 0.340 e. The summed E-state index contributed by atoms with van der Waals surface area (Å²) in [7, 11) is 4.84. The van der Waals surface area contributed by atoms with Gasteiger partial charge in [-0.05, 0) is 30.7 Å². The molecule has 0 radical (unpaired) electrons. The number of aromatic amines is 1. The van der Waals surface area contributed by atoms with Gasteiger partial charge in [0.15, 0.2) is 5.75 Å². The molecule has 0 saturated carbocycles. The average molecular weight is 652 g/mol. The van der Waals surface area contributed by atoms with Crippen molar-refractivity contribution >= 4 is 73.7 Å². The highest BCUT2D eigenvalue weighted by Gasteiger charge is 2.37. The molecule has 0 bridgehead atoms. The van der Waals surface area contributed by atoms with E-state index in [1.807, 2.05) is 0 Å². The van der Waals surface area contributed by atoms with Crippen LogP contribution in [0.4, 0.5) is 17.1 Å². The van der Waals surface area contributed by atoms with Crippen LogP contribution in [0.1, 0.15) is 50.6 Å². The number of H-pyrrole nitrogens is 1. The molecule has 0 spiro atoms. The van der Waals surface area contributed by atoms with Crippen molar-refractivity contribution < 1.29 is 28.7 Å². The Balaban J connectivity index is 1.48. The van der Waals surface area contributed by atoms with E-state index in [4.69, 9.17) is 15.2 Å². The summed E-state index contributed by atoms with van der Waals surface area (Å²) in [5.41, 5.74) is 10.6. The van der Waals surface area contributed by atoms with E-state index in [2.05, 4.69) is 26.2 Å². The first-order valence-electron chi connectivity index (χ1n) is 13.3. The van der Waals surface area contributed by atoms with E-state index < -0.39 is 11.9 Å². The molecule has 1 aliphatic heterocycles. The maximum atomic E-state index is 13.6. The van der Waals surface area contributed by atoms with E-state index in [1.54, 1.807) is 71.7 Å². The fraction of sp³-hybridized carbons (Fsp3) is 0.267. The second-order valence-electron chi connectivity index (χ2n) is 10.4. The first-order chi connectivity index (χ1) is 20.4. The number of nitrogen functional groups attached to an aromatic ring is 1. The monoisotopic (exact) mass is 650 g/mol. The van der Waals surface area contributed by atoms with Crippen molar-refractivity contribution in [3.05, 3.63) is 64.9 Å². The summed E-state index contributed by atoms with van der Waals surface area (Å²) in [6, 6.07) is 4.99. The molecule has 5 rings (SSSR count). The summed E-state index contributed by atoms with van der Waals surface area (Å²) in [5.74, 6) is -1.64. The summed E-state index contributed by atoms with van der Waals surface area (Å²) < 4.78 is 14.0. The molecule has 1 aromatic carbocycles. The summed E-state index contributed by atoms with van der Waals surface area (Å²) >= 11 is 3.57. The molecule has 2 amide bonds. The van der Waals surface area contributed by atoms with Gasteiger partial charge in [-0.1, -0.05) is 15.9 Å². The SMILES string of the molecule is COC(=O)c1c(C)[nH]c2c(OC(C)=O)cc3c(c12)[C@H](CBr)CN3C(=O)/C=C/c1cc(NC(=O)c2cc(N)cn2C)cn1C. The molecule has 3 aromatic heterocycles. The van der Waals surface area contributed by atoms with Gasteiger partial charge in [-0.25, -0.2) is 4.79 Å². The Hall–Kier alpha value is -4.78. The van der Waals surface area contributed by atoms with Gasteiger partial charge in [-0.3, -0.25) is 14.4 Å². The van der Waals surface area contributed by atoms with Gasteiger partial charge < -0.3 is 39.5 Å². The van der Waals surface area contributed by atoms with Crippen LogP contribution in [0.2, 0.25) is 0 Å². The zero-order valence-corrected chi connectivity index (χ0v) is 25.9. The van der Waals surface area contributed by atoms with Gasteiger partial charge in [0.2, 0.25) is 0 Å². The molecule has 4 N–H and O–H groups in total. The van der Waals surface area contributed by atoms with Gasteiger partial charge in [-0.15, -0.1) is 0 Å². The second-order valence-corrected chi connectivity index (χ2v) is 11.0. The standard InChI is InChI=1S/C30H31BrN6O6/c1-15-25(30(41)42-5)27-26-17(11-31)12-37(21(26)10-23(28(27)33-15)43-16(2)38)24(39)7-6-20-9-19(14-35(20)3)34-29(40)22-8-18(32)13-36(22)4/h6-10,13-14,17,33H,11-12,32H2,1-5H3,(H,34,40)/b7-6+/t17-/m1/s1. The first kappa shape index (κ1) is 29.7. The van der Waals surface area contributed by atoms with Gasteiger partial charge in [0.25, 0.3) is 11.8 Å². The van der Waals surface area contributed by atoms with Crippen LogP contribution in [0.3, 0.4) is 0 Å². The molecule has 43 heavy (non-hydrogen) atoms. The quantitative estimate of drug-likeness (QED) is 0.117. The minimum atomic E-state index is -0.539. The highest BCUT2D eigenvalue weighted by Crippen LogP contribution is 2.47. The fourth-order valence-electron chi connectivity index (χ4n) is 5.53. The fourth-order valence-corrected chi connectivity index (χ4v) is 6.06. The molecule has 12 nitrogen and oxygen atoms in total. The van der Waals surface area contributed by atoms with E-state index in [-0.39, 0.29) is 23.5 Å². The Morgan fingerprint density at radius 3 is 2.53 bits per heavy atom. The number of aryl methyl sites for hydroxylation is 3. The molecular formula is C30H31BrN6O6. The smallest absolute Gasteiger partial charge is 0.340 e. The van der Waals surface area contributed by atoms with Crippen molar-refractivity contribution in [3.8, 4) is 5.75 Å². The van der Waals surface area contributed by atoms with Crippen molar-refractivity contribution in [2.75, 3.05) is 34.9 Å². The van der Waals surface area contributed by atoms with Crippen molar-refractivity contribution in [2.24, 2.45) is 14.1 Å². The molecule has 13 heteroatoms. The van der Waals surface area contributed by atoms with Gasteiger partial charge in [0.05, 0.1) is 35.3 Å². The summed E-state index contributed by atoms with van der Waals surface area (Å²) in [4.78, 5) is 55.9. The number of alkyl halides is 1. The van der Waals surface area contributed by atoms with Crippen LogP contribution in [0.5, 0.6) is 5.75 Å². The topological polar surface area (TPSA) is 154 Å². The number of anilines is 3. The number of benzene rings is 1. The third-order valence-electron chi connectivity index (χ3n) is 7.40. The number of hydrogen-bond acceptors (Lipinski definition) is 7. The third-order valence-corrected chi connectivity index (χ3v) is 8.18. The molecule has 1 atom stereocenters. The van der Waals surface area contributed by atoms with Gasteiger partial charge in [-0.2, -0.15) is 0 Å². The number of nitrogens with zero attached hydrogens (tertiary/aromatic N) is 3. The lowest BCUT2D eigenvalue weighted by Crippen LogP contribution is -2.28. The van der Waals surface area contributed by atoms with E-state index in [9.17, 15) is 19.2 Å². The molecule has 224 valence electrons. The summed E-state index contributed by atoms with van der Waals surface area (Å²) in [5, 5.41) is 3.93. The van der Waals surface area contributed by atoms with E-state index in [0.29, 0.717) is 62.5 Å². The highest BCUT2D eigenvalue weighted by atomic mass is 79.9. The number of methoxy groups -OCH3 is 1. The lowest BCUT2D eigenvalue weighted by atomic mass is 9.95. The zero-order valence-electron chi connectivity index (χ0n) is 24.3. The number of rotatable bonds is 7. The molecule has 1 aliphatic rings. The predicted octanol–water partition coefficient (Wildman–Crippen LogP) is 4.24. The number of amides is 2. The minimum Gasteiger partial charge on any atom is -0.465 e. The number of halogens is 1. The number of carbonyl (C=O) groups excluding carboxylic acids is 4. The van der Waals surface area contributed by atoms with Crippen molar-refractivity contribution in [2.45, 2.75) is 19.8 Å². The predicted molar refractivity (Wildman–Crippen MR) is 167 cm³/mol. The Labute approximate surface area is 255 Å². The number of aromatic nitrogens is 3. The number of nitrogens with one attached hydrogen (secondary N) is 2. The molecule has 0 saturated heterocycles.